The van der Waals surface area contributed by atoms with Crippen LogP contribution in [0.1, 0.15) is 27.7 Å². The van der Waals surface area contributed by atoms with Crippen molar-refractivity contribution in [2.75, 3.05) is 31.5 Å². The zero-order valence-electron chi connectivity index (χ0n) is 13.9. The largest absolute Gasteiger partial charge is 0.444 e. The summed E-state index contributed by atoms with van der Waals surface area (Å²) in [7, 11) is 0. The van der Waals surface area contributed by atoms with E-state index < -0.39 is 5.60 Å². The van der Waals surface area contributed by atoms with Crippen molar-refractivity contribution < 1.29 is 14.3 Å². The second-order valence-electron chi connectivity index (χ2n) is 6.54. The van der Waals surface area contributed by atoms with Crippen molar-refractivity contribution in [2.45, 2.75) is 39.3 Å². The van der Waals surface area contributed by atoms with Gasteiger partial charge in [0.2, 0.25) is 11.0 Å². The van der Waals surface area contributed by atoms with Gasteiger partial charge in [-0.15, -0.1) is 10.2 Å². The van der Waals surface area contributed by atoms with Gasteiger partial charge in [0, 0.05) is 25.7 Å². The van der Waals surface area contributed by atoms with E-state index in [0.29, 0.717) is 24.8 Å². The first-order valence-corrected chi connectivity index (χ1v) is 8.40. The second kappa shape index (κ2) is 7.22. The van der Waals surface area contributed by atoms with E-state index in [1.165, 1.54) is 11.3 Å². The number of nitrogens with zero attached hydrogens (tertiary/aromatic N) is 4. The minimum atomic E-state index is -0.501. The zero-order valence-corrected chi connectivity index (χ0v) is 14.7. The summed E-state index contributed by atoms with van der Waals surface area (Å²) in [6, 6.07) is 0.0800. The molecule has 2 heterocycles. The first kappa shape index (κ1) is 17.6. The molecule has 23 heavy (non-hydrogen) atoms. The summed E-state index contributed by atoms with van der Waals surface area (Å²) in [5.41, 5.74) is 1.07. The lowest BCUT2D eigenvalue weighted by Crippen LogP contribution is -2.55. The topological polar surface area (TPSA) is 87.7 Å². The molecule has 0 bridgehead atoms. The quantitative estimate of drug-likeness (QED) is 0.894. The van der Waals surface area contributed by atoms with Crippen molar-refractivity contribution in [3.8, 4) is 0 Å². The van der Waals surface area contributed by atoms with Gasteiger partial charge < -0.3 is 9.64 Å². The Bertz CT molecular complexity index is 543. The maximum Gasteiger partial charge on any atom is 0.410 e. The van der Waals surface area contributed by atoms with Gasteiger partial charge in [-0.25, -0.2) is 4.79 Å². The molecular formula is C14H23N5O3S. The van der Waals surface area contributed by atoms with Crippen molar-refractivity contribution in [3.63, 3.8) is 0 Å². The van der Waals surface area contributed by atoms with E-state index in [2.05, 4.69) is 15.5 Å². The van der Waals surface area contributed by atoms with Gasteiger partial charge in [-0.3, -0.25) is 15.0 Å². The van der Waals surface area contributed by atoms with Gasteiger partial charge >= 0.3 is 6.09 Å². The van der Waals surface area contributed by atoms with E-state index in [0.717, 1.165) is 0 Å². The predicted molar refractivity (Wildman–Crippen MR) is 87.4 cm³/mol. The summed E-state index contributed by atoms with van der Waals surface area (Å²) in [5, 5.41) is 10.7. The van der Waals surface area contributed by atoms with E-state index in [4.69, 9.17) is 4.74 Å². The Morgan fingerprint density at radius 1 is 1.43 bits per heavy atom. The summed E-state index contributed by atoms with van der Waals surface area (Å²) in [5.74, 6) is -0.126. The Kier molecular flexibility index (Phi) is 5.53. The highest BCUT2D eigenvalue weighted by atomic mass is 32.1. The number of amides is 2. The highest BCUT2D eigenvalue weighted by molar-refractivity contribution is 7.13. The van der Waals surface area contributed by atoms with Gasteiger partial charge in [-0.05, 0) is 27.7 Å². The average Bonchev–Trinajstić information content (AvgIpc) is 2.91. The molecule has 1 aliphatic rings. The molecule has 1 atom stereocenters. The summed E-state index contributed by atoms with van der Waals surface area (Å²) < 4.78 is 5.39. The lowest BCUT2D eigenvalue weighted by Gasteiger charge is -2.39. The Morgan fingerprint density at radius 3 is 2.74 bits per heavy atom. The van der Waals surface area contributed by atoms with Crippen LogP contribution in [0.4, 0.5) is 9.93 Å². The van der Waals surface area contributed by atoms with E-state index in [9.17, 15) is 9.59 Å². The summed E-state index contributed by atoms with van der Waals surface area (Å²) in [6.07, 6.45) is -0.303. The standard InChI is InChI=1S/C14H23N5O3S/c1-10-7-19(13(21)22-14(2,3)4)6-5-18(10)8-11(20)16-12-17-15-9-23-12/h9-10H,5-8H2,1-4H3,(H,16,17,20). The van der Waals surface area contributed by atoms with E-state index >= 15 is 0 Å². The molecule has 2 rings (SSSR count). The molecule has 8 nitrogen and oxygen atoms in total. The summed E-state index contributed by atoms with van der Waals surface area (Å²) in [6.45, 7) is 9.53. The minimum absolute atomic E-state index is 0.0800. The second-order valence-corrected chi connectivity index (χ2v) is 7.37. The number of hydrogen-bond donors (Lipinski definition) is 1. The fraction of sp³-hybridized carbons (Fsp3) is 0.714. The predicted octanol–water partition coefficient (Wildman–Crippen LogP) is 1.42. The van der Waals surface area contributed by atoms with E-state index in [-0.39, 0.29) is 24.6 Å². The first-order chi connectivity index (χ1) is 10.7. The van der Waals surface area contributed by atoms with E-state index in [1.807, 2.05) is 32.6 Å². The molecule has 1 saturated heterocycles. The smallest absolute Gasteiger partial charge is 0.410 e. The Labute approximate surface area is 139 Å². The molecule has 128 valence electrons. The number of ether oxygens (including phenoxy) is 1. The van der Waals surface area contributed by atoms with Crippen molar-refractivity contribution in [1.82, 2.24) is 20.0 Å². The van der Waals surface area contributed by atoms with Crippen LogP contribution in [0.25, 0.3) is 0 Å². The normalized spacial score (nSPS) is 19.5. The molecule has 1 aliphatic heterocycles. The summed E-state index contributed by atoms with van der Waals surface area (Å²) in [4.78, 5) is 27.8. The highest BCUT2D eigenvalue weighted by Gasteiger charge is 2.30. The zero-order chi connectivity index (χ0) is 17.0. The van der Waals surface area contributed by atoms with Gasteiger partial charge in [0.1, 0.15) is 11.1 Å². The van der Waals surface area contributed by atoms with Crippen LogP contribution in [0, 0.1) is 0 Å². The minimum Gasteiger partial charge on any atom is -0.444 e. The number of hydrogen-bond acceptors (Lipinski definition) is 7. The van der Waals surface area contributed by atoms with Gasteiger partial charge in [0.25, 0.3) is 0 Å². The molecule has 0 saturated carbocycles. The van der Waals surface area contributed by atoms with Gasteiger partial charge in [0.05, 0.1) is 6.54 Å². The third-order valence-corrected chi connectivity index (χ3v) is 3.98. The molecule has 0 aliphatic carbocycles. The van der Waals surface area contributed by atoms with Crippen LogP contribution in [-0.4, -0.2) is 69.8 Å². The number of aromatic nitrogens is 2. The van der Waals surface area contributed by atoms with Crippen LogP contribution in [0.2, 0.25) is 0 Å². The fourth-order valence-electron chi connectivity index (χ4n) is 2.29. The number of anilines is 1. The molecule has 0 radical (unpaired) electrons. The first-order valence-electron chi connectivity index (χ1n) is 7.52. The molecule has 0 aromatic carbocycles. The highest BCUT2D eigenvalue weighted by Crippen LogP contribution is 2.15. The number of rotatable bonds is 3. The lowest BCUT2D eigenvalue weighted by molar-refractivity contribution is -0.118. The molecule has 1 fully saturated rings. The Morgan fingerprint density at radius 2 is 2.17 bits per heavy atom. The van der Waals surface area contributed by atoms with Crippen molar-refractivity contribution in [3.05, 3.63) is 5.51 Å². The molecule has 9 heteroatoms. The molecule has 1 N–H and O–H groups in total. The lowest BCUT2D eigenvalue weighted by atomic mass is 10.2. The van der Waals surface area contributed by atoms with Gasteiger partial charge in [-0.2, -0.15) is 0 Å². The molecular weight excluding hydrogens is 318 g/mol. The monoisotopic (exact) mass is 341 g/mol. The van der Waals surface area contributed by atoms with Crippen LogP contribution < -0.4 is 5.32 Å². The van der Waals surface area contributed by atoms with Crippen molar-refractivity contribution in [1.29, 1.82) is 0 Å². The maximum atomic E-state index is 12.1. The average molecular weight is 341 g/mol. The number of nitrogens with one attached hydrogen (secondary N) is 1. The van der Waals surface area contributed by atoms with Crippen LogP contribution in [0.3, 0.4) is 0 Å². The number of carbonyl (C=O) groups is 2. The maximum absolute atomic E-state index is 12.1. The number of piperazine rings is 1. The number of carbonyl (C=O) groups excluding carboxylic acids is 2. The Hall–Kier alpha value is -1.74. The SMILES string of the molecule is CC1CN(C(=O)OC(C)(C)C)CCN1CC(=O)Nc1nncs1. The van der Waals surface area contributed by atoms with Gasteiger partial charge in [0.15, 0.2) is 0 Å². The van der Waals surface area contributed by atoms with Crippen LogP contribution in [-0.2, 0) is 9.53 Å². The van der Waals surface area contributed by atoms with Gasteiger partial charge in [-0.1, -0.05) is 11.3 Å². The van der Waals surface area contributed by atoms with E-state index in [1.54, 1.807) is 10.4 Å². The van der Waals surface area contributed by atoms with Crippen LogP contribution in [0.15, 0.2) is 5.51 Å². The molecule has 2 amide bonds. The molecule has 1 aromatic heterocycles. The fourth-order valence-corrected chi connectivity index (χ4v) is 2.75. The van der Waals surface area contributed by atoms with Crippen molar-refractivity contribution >= 4 is 28.5 Å². The molecule has 0 spiro atoms. The van der Waals surface area contributed by atoms with Crippen molar-refractivity contribution in [2.24, 2.45) is 0 Å². The molecule has 1 aromatic rings. The third kappa shape index (κ3) is 5.43. The molecule has 1 unspecified atom stereocenters. The van der Waals surface area contributed by atoms with Crippen LogP contribution in [0.5, 0.6) is 0 Å². The summed E-state index contributed by atoms with van der Waals surface area (Å²) >= 11 is 1.28. The Balaban J connectivity index is 1.82. The third-order valence-electron chi connectivity index (χ3n) is 3.37. The van der Waals surface area contributed by atoms with Crippen LogP contribution >= 0.6 is 11.3 Å².